The topological polar surface area (TPSA) is 17.1 Å². The Bertz CT molecular complexity index is 544. The van der Waals surface area contributed by atoms with Gasteiger partial charge >= 0.3 is 0 Å². The molecular formula is C15H11BrO. The zero-order valence-corrected chi connectivity index (χ0v) is 10.7. The third kappa shape index (κ3) is 2.92. The van der Waals surface area contributed by atoms with E-state index in [0.29, 0.717) is 5.56 Å². The van der Waals surface area contributed by atoms with Crippen LogP contribution in [0.3, 0.4) is 0 Å². The molecule has 0 amide bonds. The Hall–Kier alpha value is -1.67. The van der Waals surface area contributed by atoms with Gasteiger partial charge in [-0.2, -0.15) is 0 Å². The van der Waals surface area contributed by atoms with Crippen LogP contribution in [0.25, 0.3) is 12.2 Å². The maximum atomic E-state index is 10.8. The van der Waals surface area contributed by atoms with Crippen molar-refractivity contribution in [3.8, 4) is 0 Å². The third-order valence-corrected chi connectivity index (χ3v) is 3.36. The molecule has 2 heteroatoms. The van der Waals surface area contributed by atoms with Gasteiger partial charge < -0.3 is 0 Å². The lowest BCUT2D eigenvalue weighted by Gasteiger charge is -2.01. The number of carbonyl (C=O) groups excluding carboxylic acids is 1. The monoisotopic (exact) mass is 286 g/mol. The Labute approximate surface area is 109 Å². The minimum Gasteiger partial charge on any atom is -0.298 e. The van der Waals surface area contributed by atoms with E-state index in [1.807, 2.05) is 54.6 Å². The van der Waals surface area contributed by atoms with Gasteiger partial charge in [-0.25, -0.2) is 0 Å². The number of benzene rings is 2. The number of hydrogen-bond donors (Lipinski definition) is 0. The molecule has 0 spiro atoms. The number of rotatable bonds is 3. The fraction of sp³-hybridized carbons (Fsp3) is 0. The Morgan fingerprint density at radius 3 is 2.24 bits per heavy atom. The first kappa shape index (κ1) is 11.8. The minimum absolute atomic E-state index is 0.667. The van der Waals surface area contributed by atoms with Gasteiger partial charge in [-0.15, -0.1) is 0 Å². The van der Waals surface area contributed by atoms with Crippen LogP contribution in [0.15, 0.2) is 53.0 Å². The smallest absolute Gasteiger partial charge is 0.151 e. The maximum absolute atomic E-state index is 10.8. The first-order valence-corrected chi connectivity index (χ1v) is 6.07. The predicted molar refractivity (Wildman–Crippen MR) is 74.9 cm³/mol. The Morgan fingerprint density at radius 1 is 0.824 bits per heavy atom. The van der Waals surface area contributed by atoms with E-state index in [-0.39, 0.29) is 0 Å². The average Bonchev–Trinajstić information content (AvgIpc) is 2.39. The van der Waals surface area contributed by atoms with Gasteiger partial charge in [0.05, 0.1) is 0 Å². The molecule has 2 rings (SSSR count). The fourth-order valence-electron chi connectivity index (χ4n) is 1.54. The first-order valence-electron chi connectivity index (χ1n) is 5.28. The van der Waals surface area contributed by atoms with E-state index >= 15 is 0 Å². The van der Waals surface area contributed by atoms with Crippen LogP contribution in [-0.4, -0.2) is 6.29 Å². The third-order valence-electron chi connectivity index (χ3n) is 2.44. The summed E-state index contributed by atoms with van der Waals surface area (Å²) in [5.41, 5.74) is 2.80. The zero-order valence-electron chi connectivity index (χ0n) is 9.14. The molecule has 0 saturated heterocycles. The van der Waals surface area contributed by atoms with Gasteiger partial charge in [0.15, 0.2) is 6.29 Å². The molecule has 2 aromatic rings. The van der Waals surface area contributed by atoms with Gasteiger partial charge in [0, 0.05) is 10.0 Å². The number of aldehydes is 1. The highest BCUT2D eigenvalue weighted by Gasteiger charge is 2.01. The lowest BCUT2D eigenvalue weighted by atomic mass is 10.1. The lowest BCUT2D eigenvalue weighted by molar-refractivity contribution is 0.112. The second-order valence-corrected chi connectivity index (χ2v) is 4.41. The van der Waals surface area contributed by atoms with E-state index < -0.39 is 0 Å². The molecule has 0 aliphatic carbocycles. The minimum atomic E-state index is 0.667. The fourth-order valence-corrected chi connectivity index (χ4v) is 2.03. The van der Waals surface area contributed by atoms with E-state index in [4.69, 9.17) is 0 Å². The van der Waals surface area contributed by atoms with E-state index in [0.717, 1.165) is 21.9 Å². The summed E-state index contributed by atoms with van der Waals surface area (Å²) in [4.78, 5) is 10.8. The van der Waals surface area contributed by atoms with E-state index in [2.05, 4.69) is 15.9 Å². The zero-order chi connectivity index (χ0) is 12.1. The summed E-state index contributed by atoms with van der Waals surface area (Å²) >= 11 is 3.43. The molecule has 17 heavy (non-hydrogen) atoms. The molecule has 2 aromatic carbocycles. The second kappa shape index (κ2) is 5.60. The van der Waals surface area contributed by atoms with Crippen LogP contribution in [0.4, 0.5) is 0 Å². The summed E-state index contributed by atoms with van der Waals surface area (Å²) in [6, 6.07) is 15.7. The lowest BCUT2D eigenvalue weighted by Crippen LogP contribution is -1.84. The van der Waals surface area contributed by atoms with Gasteiger partial charge in [-0.3, -0.25) is 4.79 Å². The van der Waals surface area contributed by atoms with Crippen LogP contribution in [0.1, 0.15) is 21.5 Å². The molecule has 0 saturated carbocycles. The molecule has 0 heterocycles. The van der Waals surface area contributed by atoms with Crippen molar-refractivity contribution in [2.24, 2.45) is 0 Å². The summed E-state index contributed by atoms with van der Waals surface area (Å²) in [7, 11) is 0. The molecule has 0 atom stereocenters. The highest BCUT2D eigenvalue weighted by molar-refractivity contribution is 9.10. The number of carbonyl (C=O) groups is 1. The average molecular weight is 287 g/mol. The molecule has 0 fully saturated rings. The standard InChI is InChI=1S/C15H11BrO/c16-15-13(7-4-8-14(15)11-17)10-9-12-5-2-1-3-6-12/h1-11H/b10-9-. The van der Waals surface area contributed by atoms with Crippen molar-refractivity contribution in [1.29, 1.82) is 0 Å². The van der Waals surface area contributed by atoms with Gasteiger partial charge in [0.2, 0.25) is 0 Å². The van der Waals surface area contributed by atoms with Crippen LogP contribution < -0.4 is 0 Å². The van der Waals surface area contributed by atoms with Crippen LogP contribution in [-0.2, 0) is 0 Å². The van der Waals surface area contributed by atoms with Crippen molar-refractivity contribution in [3.05, 3.63) is 69.7 Å². The maximum Gasteiger partial charge on any atom is 0.151 e. The summed E-state index contributed by atoms with van der Waals surface area (Å²) in [5, 5.41) is 0. The van der Waals surface area contributed by atoms with Crippen molar-refractivity contribution in [1.82, 2.24) is 0 Å². The first-order chi connectivity index (χ1) is 8.31. The van der Waals surface area contributed by atoms with Crippen LogP contribution in [0.2, 0.25) is 0 Å². The van der Waals surface area contributed by atoms with Crippen molar-refractivity contribution in [2.45, 2.75) is 0 Å². The van der Waals surface area contributed by atoms with E-state index in [1.54, 1.807) is 6.07 Å². The summed E-state index contributed by atoms with van der Waals surface area (Å²) in [6.45, 7) is 0. The quantitative estimate of drug-likeness (QED) is 0.603. The molecule has 0 aromatic heterocycles. The molecule has 0 unspecified atom stereocenters. The normalized spacial score (nSPS) is 10.6. The Balaban J connectivity index is 2.31. The molecule has 1 nitrogen and oxygen atoms in total. The van der Waals surface area contributed by atoms with Gasteiger partial charge in [-0.1, -0.05) is 60.7 Å². The second-order valence-electron chi connectivity index (χ2n) is 3.61. The highest BCUT2D eigenvalue weighted by Crippen LogP contribution is 2.22. The summed E-state index contributed by atoms with van der Waals surface area (Å²) < 4.78 is 0.835. The van der Waals surface area contributed by atoms with Crippen LogP contribution in [0, 0.1) is 0 Å². The Kier molecular flexibility index (Phi) is 3.89. The van der Waals surface area contributed by atoms with Crippen LogP contribution in [0.5, 0.6) is 0 Å². The molecule has 0 radical (unpaired) electrons. The number of hydrogen-bond acceptors (Lipinski definition) is 1. The molecule has 0 bridgehead atoms. The van der Waals surface area contributed by atoms with Crippen molar-refractivity contribution >= 4 is 34.4 Å². The Morgan fingerprint density at radius 2 is 1.53 bits per heavy atom. The van der Waals surface area contributed by atoms with Crippen molar-refractivity contribution in [3.63, 3.8) is 0 Å². The molecular weight excluding hydrogens is 276 g/mol. The molecule has 0 aliphatic rings. The van der Waals surface area contributed by atoms with Gasteiger partial charge in [0.25, 0.3) is 0 Å². The van der Waals surface area contributed by atoms with Gasteiger partial charge in [-0.05, 0) is 27.1 Å². The SMILES string of the molecule is O=Cc1cccc(/C=C\c2ccccc2)c1Br. The summed E-state index contributed by atoms with van der Waals surface area (Å²) in [6.07, 6.45) is 4.87. The predicted octanol–water partition coefficient (Wildman–Crippen LogP) is 4.43. The molecule has 0 N–H and O–H groups in total. The largest absolute Gasteiger partial charge is 0.298 e. The summed E-state index contributed by atoms with van der Waals surface area (Å²) in [5.74, 6) is 0. The highest BCUT2D eigenvalue weighted by atomic mass is 79.9. The van der Waals surface area contributed by atoms with E-state index in [9.17, 15) is 4.79 Å². The molecule has 84 valence electrons. The van der Waals surface area contributed by atoms with Gasteiger partial charge in [0.1, 0.15) is 0 Å². The van der Waals surface area contributed by atoms with Crippen molar-refractivity contribution < 1.29 is 4.79 Å². The van der Waals surface area contributed by atoms with Crippen molar-refractivity contribution in [2.75, 3.05) is 0 Å². The van der Waals surface area contributed by atoms with Crippen LogP contribution >= 0.6 is 15.9 Å². The number of halogens is 1. The van der Waals surface area contributed by atoms with E-state index in [1.165, 1.54) is 0 Å². The molecule has 0 aliphatic heterocycles.